The fourth-order valence-corrected chi connectivity index (χ4v) is 2.64. The average molecular weight is 391 g/mol. The zero-order valence-corrected chi connectivity index (χ0v) is 16.3. The molecule has 0 radical (unpaired) electrons. The van der Waals surface area contributed by atoms with E-state index in [1.54, 1.807) is 18.2 Å². The number of rotatable bonds is 4. The van der Waals surface area contributed by atoms with Crippen LogP contribution in [-0.2, 0) is 5.41 Å². The van der Waals surface area contributed by atoms with Crippen molar-refractivity contribution in [3.63, 3.8) is 0 Å². The Balaban J connectivity index is 2.11. The number of esters is 1. The molecule has 0 aliphatic carbocycles. The molecule has 0 aromatic heterocycles. The number of hydrogen-bond donors (Lipinski definition) is 0. The van der Waals surface area contributed by atoms with Gasteiger partial charge in [-0.15, -0.1) is 0 Å². The smallest absolute Gasteiger partial charge is 0.343 e. The van der Waals surface area contributed by atoms with Crippen molar-refractivity contribution in [2.75, 3.05) is 0 Å². The molecule has 3 nitrogen and oxygen atoms in total. The van der Waals surface area contributed by atoms with Gasteiger partial charge >= 0.3 is 5.97 Å². The van der Waals surface area contributed by atoms with Gasteiger partial charge in [-0.1, -0.05) is 32.9 Å². The van der Waals surface area contributed by atoms with Crippen LogP contribution in [0, 0.1) is 0 Å². The third-order valence-corrected chi connectivity index (χ3v) is 4.08. The Kier molecular flexibility index (Phi) is 5.70. The molecule has 2 aromatic rings. The second-order valence-corrected chi connectivity index (χ2v) is 7.83. The van der Waals surface area contributed by atoms with Crippen LogP contribution in [0.2, 0.25) is 0 Å². The van der Waals surface area contributed by atoms with Gasteiger partial charge in [-0.05, 0) is 71.1 Å². The first-order valence-electron chi connectivity index (χ1n) is 7.96. The summed E-state index contributed by atoms with van der Waals surface area (Å²) in [7, 11) is 0. The summed E-state index contributed by atoms with van der Waals surface area (Å²) in [5.41, 5.74) is 1.73. The van der Waals surface area contributed by atoms with Gasteiger partial charge in [0.25, 0.3) is 0 Å². The van der Waals surface area contributed by atoms with Crippen LogP contribution in [0.25, 0.3) is 0 Å². The fourth-order valence-electron chi connectivity index (χ4n) is 2.17. The van der Waals surface area contributed by atoms with E-state index in [-0.39, 0.29) is 11.5 Å². The van der Waals surface area contributed by atoms with E-state index in [1.807, 2.05) is 38.1 Å². The number of benzene rings is 2. The van der Waals surface area contributed by atoms with E-state index in [1.165, 1.54) is 5.56 Å². The Morgan fingerprint density at radius 1 is 1.04 bits per heavy atom. The standard InChI is InChI=1S/C20H23BrO3/c1-13(2)23-18-11-6-14(12-17(18)21)19(22)24-16-9-7-15(8-10-16)20(3,4)5/h6-13H,1-5H3. The number of carbonyl (C=O) groups is 1. The highest BCUT2D eigenvalue weighted by atomic mass is 79.9. The number of hydrogen-bond acceptors (Lipinski definition) is 3. The van der Waals surface area contributed by atoms with Crippen LogP contribution in [-0.4, -0.2) is 12.1 Å². The van der Waals surface area contributed by atoms with Crippen LogP contribution in [0.15, 0.2) is 46.9 Å². The summed E-state index contributed by atoms with van der Waals surface area (Å²) < 4.78 is 11.8. The highest BCUT2D eigenvalue weighted by Crippen LogP contribution is 2.28. The van der Waals surface area contributed by atoms with E-state index in [9.17, 15) is 4.79 Å². The second-order valence-electron chi connectivity index (χ2n) is 6.98. The van der Waals surface area contributed by atoms with Crippen molar-refractivity contribution in [2.45, 2.75) is 46.1 Å². The monoisotopic (exact) mass is 390 g/mol. The molecule has 0 fully saturated rings. The normalized spacial score (nSPS) is 11.5. The number of ether oxygens (including phenoxy) is 2. The van der Waals surface area contributed by atoms with Crippen molar-refractivity contribution in [1.29, 1.82) is 0 Å². The minimum absolute atomic E-state index is 0.0691. The van der Waals surface area contributed by atoms with Crippen molar-refractivity contribution in [2.24, 2.45) is 0 Å². The molecular formula is C20H23BrO3. The minimum Gasteiger partial charge on any atom is -0.490 e. The van der Waals surface area contributed by atoms with Gasteiger partial charge < -0.3 is 9.47 Å². The van der Waals surface area contributed by atoms with E-state index in [0.717, 1.165) is 4.47 Å². The maximum Gasteiger partial charge on any atom is 0.343 e. The average Bonchev–Trinajstić information content (AvgIpc) is 2.48. The van der Waals surface area contributed by atoms with E-state index < -0.39 is 5.97 Å². The van der Waals surface area contributed by atoms with E-state index >= 15 is 0 Å². The Bertz CT molecular complexity index is 713. The summed E-state index contributed by atoms with van der Waals surface area (Å²) in [4.78, 5) is 12.3. The second kappa shape index (κ2) is 7.39. The highest BCUT2D eigenvalue weighted by Gasteiger charge is 2.15. The SMILES string of the molecule is CC(C)Oc1ccc(C(=O)Oc2ccc(C(C)(C)C)cc2)cc1Br. The molecule has 0 atom stereocenters. The zero-order chi connectivity index (χ0) is 17.9. The molecule has 2 aromatic carbocycles. The molecule has 0 aliphatic rings. The van der Waals surface area contributed by atoms with Crippen LogP contribution in [0.5, 0.6) is 11.5 Å². The Hall–Kier alpha value is -1.81. The van der Waals surface area contributed by atoms with Crippen molar-refractivity contribution in [1.82, 2.24) is 0 Å². The highest BCUT2D eigenvalue weighted by molar-refractivity contribution is 9.10. The van der Waals surface area contributed by atoms with Gasteiger partial charge in [0.05, 0.1) is 16.1 Å². The van der Waals surface area contributed by atoms with Gasteiger partial charge in [0.15, 0.2) is 0 Å². The summed E-state index contributed by atoms with van der Waals surface area (Å²) in [5.74, 6) is 0.845. The van der Waals surface area contributed by atoms with Gasteiger partial charge in [-0.3, -0.25) is 0 Å². The van der Waals surface area contributed by atoms with Crippen molar-refractivity contribution >= 4 is 21.9 Å². The molecule has 0 unspecified atom stereocenters. The summed E-state index contributed by atoms with van der Waals surface area (Å²) in [6, 6.07) is 12.8. The predicted molar refractivity (Wildman–Crippen MR) is 100 cm³/mol. The summed E-state index contributed by atoms with van der Waals surface area (Å²) >= 11 is 3.43. The van der Waals surface area contributed by atoms with Crippen LogP contribution < -0.4 is 9.47 Å². The van der Waals surface area contributed by atoms with Crippen LogP contribution in [0.4, 0.5) is 0 Å². The van der Waals surface area contributed by atoms with E-state index in [0.29, 0.717) is 17.1 Å². The summed E-state index contributed by atoms with van der Waals surface area (Å²) in [6.45, 7) is 10.3. The van der Waals surface area contributed by atoms with Gasteiger partial charge in [-0.2, -0.15) is 0 Å². The molecule has 0 saturated carbocycles. The maximum atomic E-state index is 12.3. The lowest BCUT2D eigenvalue weighted by Gasteiger charge is -2.19. The molecule has 0 heterocycles. The number of halogens is 1. The molecule has 4 heteroatoms. The summed E-state index contributed by atoms with van der Waals surface area (Å²) in [5, 5.41) is 0. The molecule has 0 saturated heterocycles. The maximum absolute atomic E-state index is 12.3. The first-order valence-corrected chi connectivity index (χ1v) is 8.75. The molecule has 24 heavy (non-hydrogen) atoms. The third kappa shape index (κ3) is 4.84. The predicted octanol–water partition coefficient (Wildman–Crippen LogP) is 5.75. The van der Waals surface area contributed by atoms with Crippen LogP contribution in [0.1, 0.15) is 50.5 Å². The van der Waals surface area contributed by atoms with Gasteiger partial charge in [0.2, 0.25) is 0 Å². The minimum atomic E-state index is -0.393. The lowest BCUT2D eigenvalue weighted by Crippen LogP contribution is -2.12. The van der Waals surface area contributed by atoms with Gasteiger partial charge in [-0.25, -0.2) is 4.79 Å². The molecule has 0 bridgehead atoms. The Labute approximate surface area is 152 Å². The van der Waals surface area contributed by atoms with E-state index in [4.69, 9.17) is 9.47 Å². The molecule has 0 N–H and O–H groups in total. The van der Waals surface area contributed by atoms with Crippen LogP contribution >= 0.6 is 15.9 Å². The molecule has 0 aliphatic heterocycles. The van der Waals surface area contributed by atoms with Crippen molar-refractivity contribution in [3.8, 4) is 11.5 Å². The fraction of sp³-hybridized carbons (Fsp3) is 0.350. The van der Waals surface area contributed by atoms with Gasteiger partial charge in [0, 0.05) is 0 Å². The van der Waals surface area contributed by atoms with Crippen LogP contribution in [0.3, 0.4) is 0 Å². The lowest BCUT2D eigenvalue weighted by molar-refractivity contribution is 0.0734. The molecule has 128 valence electrons. The van der Waals surface area contributed by atoms with Gasteiger partial charge in [0.1, 0.15) is 11.5 Å². The first kappa shape index (κ1) is 18.5. The zero-order valence-electron chi connectivity index (χ0n) is 14.7. The Morgan fingerprint density at radius 2 is 1.67 bits per heavy atom. The molecule has 2 rings (SSSR count). The number of carbonyl (C=O) groups excluding carboxylic acids is 1. The van der Waals surface area contributed by atoms with E-state index in [2.05, 4.69) is 36.7 Å². The first-order chi connectivity index (χ1) is 11.2. The quantitative estimate of drug-likeness (QED) is 0.492. The Morgan fingerprint density at radius 3 is 2.17 bits per heavy atom. The topological polar surface area (TPSA) is 35.5 Å². The van der Waals surface area contributed by atoms with Crippen molar-refractivity contribution in [3.05, 3.63) is 58.1 Å². The molecule has 0 amide bonds. The lowest BCUT2D eigenvalue weighted by atomic mass is 9.87. The molecular weight excluding hydrogens is 368 g/mol. The summed E-state index contributed by atoms with van der Waals surface area (Å²) in [6.07, 6.45) is 0.0698. The molecule has 0 spiro atoms. The largest absolute Gasteiger partial charge is 0.490 e. The van der Waals surface area contributed by atoms with Crippen molar-refractivity contribution < 1.29 is 14.3 Å². The third-order valence-electron chi connectivity index (χ3n) is 3.46.